The molecule has 0 aromatic rings. The fourth-order valence-corrected chi connectivity index (χ4v) is 3.55. The predicted octanol–water partition coefficient (Wildman–Crippen LogP) is 2.15. The minimum Gasteiger partial charge on any atom is -0.343 e. The van der Waals surface area contributed by atoms with E-state index in [0.717, 1.165) is 12.8 Å². The Kier molecular flexibility index (Phi) is 4.43. The van der Waals surface area contributed by atoms with Crippen molar-refractivity contribution in [3.63, 3.8) is 0 Å². The first-order valence-corrected chi connectivity index (χ1v) is 7.20. The van der Waals surface area contributed by atoms with Gasteiger partial charge < -0.3 is 10.6 Å². The predicted molar refractivity (Wildman–Crippen MR) is 69.5 cm³/mol. The van der Waals surface area contributed by atoms with Crippen LogP contribution in [-0.4, -0.2) is 30.4 Å². The molecule has 0 heterocycles. The van der Waals surface area contributed by atoms with Gasteiger partial charge in [0.25, 0.3) is 0 Å². The number of nitrogens with two attached hydrogens (primary N) is 1. The summed E-state index contributed by atoms with van der Waals surface area (Å²) in [5.74, 6) is 1.01. The Hall–Kier alpha value is -0.570. The lowest BCUT2D eigenvalue weighted by Gasteiger charge is -2.35. The van der Waals surface area contributed by atoms with Crippen LogP contribution in [0.1, 0.15) is 51.4 Å². The minimum atomic E-state index is 0.208. The van der Waals surface area contributed by atoms with E-state index in [0.29, 0.717) is 24.4 Å². The van der Waals surface area contributed by atoms with Gasteiger partial charge in [0.15, 0.2) is 0 Å². The summed E-state index contributed by atoms with van der Waals surface area (Å²) in [5.41, 5.74) is 5.81. The van der Waals surface area contributed by atoms with Crippen molar-refractivity contribution < 1.29 is 4.79 Å². The Bertz CT molecular complexity index is 261. The molecule has 0 aromatic carbocycles. The molecule has 3 heteroatoms. The van der Waals surface area contributed by atoms with Gasteiger partial charge >= 0.3 is 0 Å². The van der Waals surface area contributed by atoms with Gasteiger partial charge in [-0.25, -0.2) is 0 Å². The molecule has 2 fully saturated rings. The van der Waals surface area contributed by atoms with Crippen LogP contribution in [0.3, 0.4) is 0 Å². The van der Waals surface area contributed by atoms with Crippen molar-refractivity contribution >= 4 is 5.91 Å². The molecule has 2 aliphatic carbocycles. The summed E-state index contributed by atoms with van der Waals surface area (Å²) in [6.45, 7) is 0.676. The number of hydrogen-bond donors (Lipinski definition) is 1. The maximum Gasteiger partial charge on any atom is 0.225 e. The molecular formula is C14H26N2O. The molecule has 2 saturated carbocycles. The molecule has 2 atom stereocenters. The molecule has 2 unspecified atom stereocenters. The molecule has 0 aromatic heterocycles. The Morgan fingerprint density at radius 2 is 1.71 bits per heavy atom. The van der Waals surface area contributed by atoms with E-state index in [9.17, 15) is 4.79 Å². The molecule has 0 spiro atoms. The third kappa shape index (κ3) is 2.82. The largest absolute Gasteiger partial charge is 0.343 e. The van der Waals surface area contributed by atoms with E-state index < -0.39 is 0 Å². The van der Waals surface area contributed by atoms with Gasteiger partial charge in [0.2, 0.25) is 5.91 Å². The van der Waals surface area contributed by atoms with E-state index in [1.54, 1.807) is 0 Å². The summed E-state index contributed by atoms with van der Waals surface area (Å²) in [4.78, 5) is 14.6. The lowest BCUT2D eigenvalue weighted by atomic mass is 9.78. The highest BCUT2D eigenvalue weighted by Gasteiger charge is 2.34. The maximum absolute atomic E-state index is 12.5. The van der Waals surface area contributed by atoms with Crippen molar-refractivity contribution in [3.05, 3.63) is 0 Å². The van der Waals surface area contributed by atoms with E-state index in [1.165, 1.54) is 38.5 Å². The zero-order valence-corrected chi connectivity index (χ0v) is 11.0. The molecule has 2 N–H and O–H groups in total. The second kappa shape index (κ2) is 5.85. The Morgan fingerprint density at radius 1 is 1.12 bits per heavy atom. The van der Waals surface area contributed by atoms with Gasteiger partial charge in [0, 0.05) is 19.0 Å². The van der Waals surface area contributed by atoms with Crippen LogP contribution in [-0.2, 0) is 4.79 Å². The molecule has 2 rings (SSSR count). The summed E-state index contributed by atoms with van der Waals surface area (Å²) < 4.78 is 0. The minimum absolute atomic E-state index is 0.208. The number of amides is 1. The normalized spacial score (nSPS) is 30.5. The molecule has 3 nitrogen and oxygen atoms in total. The van der Waals surface area contributed by atoms with Gasteiger partial charge in [-0.2, -0.15) is 0 Å². The maximum atomic E-state index is 12.5. The summed E-state index contributed by atoms with van der Waals surface area (Å²) >= 11 is 0. The van der Waals surface area contributed by atoms with Gasteiger partial charge in [0.1, 0.15) is 0 Å². The monoisotopic (exact) mass is 238 g/mol. The molecule has 1 amide bonds. The van der Waals surface area contributed by atoms with Gasteiger partial charge in [-0.15, -0.1) is 0 Å². The smallest absolute Gasteiger partial charge is 0.225 e. The quantitative estimate of drug-likeness (QED) is 0.819. The van der Waals surface area contributed by atoms with Crippen LogP contribution >= 0.6 is 0 Å². The highest BCUT2D eigenvalue weighted by molar-refractivity contribution is 5.79. The Balaban J connectivity index is 1.96. The van der Waals surface area contributed by atoms with Gasteiger partial charge in [-0.05, 0) is 38.1 Å². The van der Waals surface area contributed by atoms with E-state index >= 15 is 0 Å². The van der Waals surface area contributed by atoms with Crippen molar-refractivity contribution in [1.82, 2.24) is 4.90 Å². The highest BCUT2D eigenvalue weighted by atomic mass is 16.2. The molecule has 98 valence electrons. The topological polar surface area (TPSA) is 46.3 Å². The van der Waals surface area contributed by atoms with Crippen LogP contribution in [0.15, 0.2) is 0 Å². The average Bonchev–Trinajstić information content (AvgIpc) is 2.90. The van der Waals surface area contributed by atoms with Crippen molar-refractivity contribution in [3.8, 4) is 0 Å². The molecule has 0 aliphatic heterocycles. The Morgan fingerprint density at radius 3 is 2.35 bits per heavy atom. The standard InChI is InChI=1S/C14H26N2O/c1-16(12-7-3-4-8-12)14(17)13-9-5-2-6-11(13)10-15/h11-13H,2-10,15H2,1H3. The fraction of sp³-hybridized carbons (Fsp3) is 0.929. The second-order valence-corrected chi connectivity index (χ2v) is 5.77. The third-order valence-corrected chi connectivity index (χ3v) is 4.75. The summed E-state index contributed by atoms with van der Waals surface area (Å²) in [6, 6.07) is 0.503. The van der Waals surface area contributed by atoms with Crippen LogP contribution in [0.5, 0.6) is 0 Å². The molecule has 0 radical (unpaired) electrons. The van der Waals surface area contributed by atoms with E-state index in [-0.39, 0.29) is 5.92 Å². The van der Waals surface area contributed by atoms with Crippen LogP contribution in [0, 0.1) is 11.8 Å². The van der Waals surface area contributed by atoms with E-state index in [4.69, 9.17) is 5.73 Å². The molecular weight excluding hydrogens is 212 g/mol. The van der Waals surface area contributed by atoms with Gasteiger partial charge in [0.05, 0.1) is 0 Å². The van der Waals surface area contributed by atoms with Gasteiger partial charge in [-0.3, -0.25) is 4.79 Å². The summed E-state index contributed by atoms with van der Waals surface area (Å²) in [6.07, 6.45) is 9.61. The zero-order valence-electron chi connectivity index (χ0n) is 11.0. The molecule has 0 saturated heterocycles. The highest BCUT2D eigenvalue weighted by Crippen LogP contribution is 2.32. The Labute approximate surface area is 105 Å². The average molecular weight is 238 g/mol. The summed E-state index contributed by atoms with van der Waals surface area (Å²) in [5, 5.41) is 0. The van der Waals surface area contributed by atoms with Crippen LogP contribution in [0.4, 0.5) is 0 Å². The number of nitrogens with zero attached hydrogens (tertiary/aromatic N) is 1. The molecule has 0 bridgehead atoms. The molecule has 17 heavy (non-hydrogen) atoms. The van der Waals surface area contributed by atoms with Crippen LogP contribution in [0.25, 0.3) is 0 Å². The fourth-order valence-electron chi connectivity index (χ4n) is 3.55. The summed E-state index contributed by atoms with van der Waals surface area (Å²) in [7, 11) is 2.00. The zero-order chi connectivity index (χ0) is 12.3. The van der Waals surface area contributed by atoms with Crippen molar-refractivity contribution in [2.45, 2.75) is 57.4 Å². The second-order valence-electron chi connectivity index (χ2n) is 5.77. The SMILES string of the molecule is CN(C(=O)C1CCCCC1CN)C1CCCC1. The number of rotatable bonds is 3. The lowest BCUT2D eigenvalue weighted by Crippen LogP contribution is -2.44. The number of hydrogen-bond acceptors (Lipinski definition) is 2. The van der Waals surface area contributed by atoms with Crippen LogP contribution in [0.2, 0.25) is 0 Å². The first-order valence-electron chi connectivity index (χ1n) is 7.20. The van der Waals surface area contributed by atoms with Crippen molar-refractivity contribution in [2.24, 2.45) is 17.6 Å². The third-order valence-electron chi connectivity index (χ3n) is 4.75. The van der Waals surface area contributed by atoms with E-state index in [2.05, 4.69) is 0 Å². The lowest BCUT2D eigenvalue weighted by molar-refractivity contribution is -0.139. The first-order chi connectivity index (χ1) is 8.24. The molecule has 2 aliphatic rings. The number of carbonyl (C=O) groups excluding carboxylic acids is 1. The van der Waals surface area contributed by atoms with Crippen molar-refractivity contribution in [1.29, 1.82) is 0 Å². The van der Waals surface area contributed by atoms with E-state index in [1.807, 2.05) is 11.9 Å². The van der Waals surface area contributed by atoms with Crippen LogP contribution < -0.4 is 5.73 Å². The van der Waals surface area contributed by atoms with Gasteiger partial charge in [-0.1, -0.05) is 25.7 Å². The number of carbonyl (C=O) groups is 1. The van der Waals surface area contributed by atoms with Crippen molar-refractivity contribution in [2.75, 3.05) is 13.6 Å². The first kappa shape index (κ1) is 12.9.